The van der Waals surface area contributed by atoms with Crippen molar-refractivity contribution in [2.75, 3.05) is 12.4 Å². The number of amidine groups is 1. The van der Waals surface area contributed by atoms with Crippen LogP contribution in [0.25, 0.3) is 11.1 Å². The highest BCUT2D eigenvalue weighted by molar-refractivity contribution is 5.98. The average molecular weight is 470 g/mol. The number of anilines is 1. The third kappa shape index (κ3) is 4.34. The van der Waals surface area contributed by atoms with Gasteiger partial charge in [0.05, 0.1) is 12.0 Å². The molecule has 3 atom stereocenters. The molecular formula is C28H31N5O2. The van der Waals surface area contributed by atoms with Crippen LogP contribution in [0.3, 0.4) is 0 Å². The molecule has 0 spiro atoms. The Kier molecular flexibility index (Phi) is 5.93. The van der Waals surface area contributed by atoms with Gasteiger partial charge in [-0.05, 0) is 96.2 Å². The number of benzene rings is 2. The molecule has 2 aliphatic carbocycles. The summed E-state index contributed by atoms with van der Waals surface area (Å²) in [6.07, 6.45) is 4.52. The molecule has 1 saturated carbocycles. The van der Waals surface area contributed by atoms with Crippen LogP contribution in [0.4, 0.5) is 5.82 Å². The highest BCUT2D eigenvalue weighted by Crippen LogP contribution is 2.47. The molecule has 2 unspecified atom stereocenters. The van der Waals surface area contributed by atoms with Crippen LogP contribution in [0.5, 0.6) is 0 Å². The first-order valence-corrected chi connectivity index (χ1v) is 12.1. The molecule has 1 aromatic heterocycles. The fraction of sp³-hybridized carbons (Fsp3) is 0.321. The maximum Gasteiger partial charge on any atom is 0.307 e. The molecule has 2 aliphatic rings. The molecule has 180 valence electrons. The van der Waals surface area contributed by atoms with E-state index in [1.54, 1.807) is 7.05 Å². The monoisotopic (exact) mass is 469 g/mol. The van der Waals surface area contributed by atoms with Crippen molar-refractivity contribution in [2.45, 2.75) is 45.1 Å². The number of hydrazone groups is 1. The summed E-state index contributed by atoms with van der Waals surface area (Å²) < 4.78 is 0. The second-order valence-electron chi connectivity index (χ2n) is 9.58. The van der Waals surface area contributed by atoms with Gasteiger partial charge in [-0.2, -0.15) is 5.10 Å². The first kappa shape index (κ1) is 22.9. The van der Waals surface area contributed by atoms with Crippen molar-refractivity contribution in [1.29, 1.82) is 0 Å². The van der Waals surface area contributed by atoms with Crippen LogP contribution >= 0.6 is 0 Å². The fourth-order valence-electron chi connectivity index (χ4n) is 5.48. The van der Waals surface area contributed by atoms with Crippen LogP contribution in [0.2, 0.25) is 0 Å². The van der Waals surface area contributed by atoms with Gasteiger partial charge in [0.15, 0.2) is 5.84 Å². The Hall–Kier alpha value is -3.87. The van der Waals surface area contributed by atoms with Gasteiger partial charge in [0.25, 0.3) is 0 Å². The Balaban J connectivity index is 1.39. The standard InChI is InChI=1S/C28H31N5O2/c1-15-11-18(27(29)33-30-3)12-16(2)26(15)21-6-4-5-20-19(21)8-9-24(20)32-25-10-7-17(14-31-25)22-13-23(22)28(34)35/h4-7,10-12,14,22-24,30H,8-9,13H2,1-3H3,(H2,29,33)(H,31,32)(H,34,35)/t22-,23?,24?/m0/s1. The minimum atomic E-state index is -0.717. The lowest BCUT2D eigenvalue weighted by atomic mass is 9.89. The molecule has 3 aromatic rings. The number of hydrogen-bond donors (Lipinski definition) is 4. The van der Waals surface area contributed by atoms with Crippen molar-refractivity contribution < 1.29 is 9.90 Å². The molecule has 7 nitrogen and oxygen atoms in total. The summed E-state index contributed by atoms with van der Waals surface area (Å²) in [7, 11) is 1.74. The van der Waals surface area contributed by atoms with Gasteiger partial charge >= 0.3 is 5.97 Å². The summed E-state index contributed by atoms with van der Waals surface area (Å²) in [6.45, 7) is 4.26. The number of hydrogen-bond acceptors (Lipinski definition) is 5. The van der Waals surface area contributed by atoms with Crippen LogP contribution in [-0.2, 0) is 11.2 Å². The molecule has 1 fully saturated rings. The minimum absolute atomic E-state index is 0.0986. The molecule has 0 aliphatic heterocycles. The minimum Gasteiger partial charge on any atom is -0.481 e. The lowest BCUT2D eigenvalue weighted by Crippen LogP contribution is -2.17. The molecule has 2 aromatic carbocycles. The number of nitrogens with two attached hydrogens (primary N) is 1. The van der Waals surface area contributed by atoms with E-state index in [9.17, 15) is 9.90 Å². The van der Waals surface area contributed by atoms with Crippen LogP contribution in [-0.4, -0.2) is 28.9 Å². The fourth-order valence-corrected chi connectivity index (χ4v) is 5.48. The van der Waals surface area contributed by atoms with Gasteiger partial charge in [-0.25, -0.2) is 4.98 Å². The number of fused-ring (bicyclic) bond motifs is 1. The van der Waals surface area contributed by atoms with E-state index in [-0.39, 0.29) is 17.9 Å². The maximum absolute atomic E-state index is 11.2. The number of carboxylic acid groups (broad SMARTS) is 1. The zero-order valence-corrected chi connectivity index (χ0v) is 20.3. The summed E-state index contributed by atoms with van der Waals surface area (Å²) in [6, 6.07) is 14.9. The molecule has 0 radical (unpaired) electrons. The number of pyridine rings is 1. The van der Waals surface area contributed by atoms with Crippen LogP contribution in [0.1, 0.15) is 58.2 Å². The van der Waals surface area contributed by atoms with Gasteiger partial charge in [-0.1, -0.05) is 24.3 Å². The molecule has 1 heterocycles. The van der Waals surface area contributed by atoms with Gasteiger partial charge < -0.3 is 21.6 Å². The van der Waals surface area contributed by atoms with E-state index in [0.717, 1.165) is 29.8 Å². The van der Waals surface area contributed by atoms with Crippen molar-refractivity contribution >= 4 is 17.6 Å². The number of carboxylic acids is 1. The SMILES string of the molecule is CN/N=C(\N)c1cc(C)c(-c2cccc3c2CCC3Nc2ccc([C@@H]3CC3C(=O)O)cn2)c(C)c1. The Morgan fingerprint density at radius 2 is 1.94 bits per heavy atom. The highest BCUT2D eigenvalue weighted by Gasteiger charge is 2.44. The van der Waals surface area contributed by atoms with Crippen molar-refractivity contribution in [3.63, 3.8) is 0 Å². The number of nitrogens with one attached hydrogen (secondary N) is 2. The Morgan fingerprint density at radius 3 is 2.57 bits per heavy atom. The number of rotatable bonds is 7. The molecule has 7 heteroatoms. The van der Waals surface area contributed by atoms with E-state index in [0.29, 0.717) is 12.3 Å². The second kappa shape index (κ2) is 9.06. The molecule has 0 saturated heterocycles. The Bertz CT molecular complexity index is 1290. The van der Waals surface area contributed by atoms with E-state index >= 15 is 0 Å². The van der Waals surface area contributed by atoms with Crippen molar-refractivity contribution in [2.24, 2.45) is 16.8 Å². The van der Waals surface area contributed by atoms with E-state index in [1.807, 2.05) is 18.3 Å². The van der Waals surface area contributed by atoms with Gasteiger partial charge in [0.1, 0.15) is 5.82 Å². The largest absolute Gasteiger partial charge is 0.481 e. The predicted molar refractivity (Wildman–Crippen MR) is 139 cm³/mol. The Labute approximate surface area is 205 Å². The van der Waals surface area contributed by atoms with Gasteiger partial charge in [0.2, 0.25) is 0 Å². The number of nitrogens with zero attached hydrogens (tertiary/aromatic N) is 2. The third-order valence-electron chi connectivity index (χ3n) is 7.24. The average Bonchev–Trinajstić information content (AvgIpc) is 3.54. The van der Waals surface area contributed by atoms with E-state index < -0.39 is 5.97 Å². The van der Waals surface area contributed by atoms with Crippen molar-refractivity contribution in [1.82, 2.24) is 10.4 Å². The number of carbonyl (C=O) groups is 1. The summed E-state index contributed by atoms with van der Waals surface area (Å²) in [5, 5.41) is 16.9. The Morgan fingerprint density at radius 1 is 1.17 bits per heavy atom. The lowest BCUT2D eigenvalue weighted by Gasteiger charge is -2.18. The summed E-state index contributed by atoms with van der Waals surface area (Å²) >= 11 is 0. The predicted octanol–water partition coefficient (Wildman–Crippen LogP) is 4.49. The number of aryl methyl sites for hydroxylation is 2. The van der Waals surface area contributed by atoms with E-state index in [4.69, 9.17) is 5.73 Å². The van der Waals surface area contributed by atoms with Crippen molar-refractivity contribution in [3.8, 4) is 11.1 Å². The number of aliphatic carboxylic acids is 1. The number of aromatic nitrogens is 1. The van der Waals surface area contributed by atoms with Gasteiger partial charge in [-0.15, -0.1) is 0 Å². The molecule has 5 rings (SSSR count). The van der Waals surface area contributed by atoms with Gasteiger partial charge in [0, 0.05) is 18.8 Å². The maximum atomic E-state index is 11.2. The molecule has 0 bridgehead atoms. The highest BCUT2D eigenvalue weighted by atomic mass is 16.4. The molecular weight excluding hydrogens is 438 g/mol. The van der Waals surface area contributed by atoms with Crippen LogP contribution < -0.4 is 16.5 Å². The van der Waals surface area contributed by atoms with Crippen LogP contribution in [0, 0.1) is 19.8 Å². The normalized spacial score (nSPS) is 20.9. The molecule has 0 amide bonds. The smallest absolute Gasteiger partial charge is 0.307 e. The molecule has 5 N–H and O–H groups in total. The topological polar surface area (TPSA) is 113 Å². The van der Waals surface area contributed by atoms with Gasteiger partial charge in [-0.3, -0.25) is 4.79 Å². The first-order chi connectivity index (χ1) is 16.9. The zero-order valence-electron chi connectivity index (χ0n) is 20.3. The molecule has 35 heavy (non-hydrogen) atoms. The van der Waals surface area contributed by atoms with E-state index in [1.165, 1.54) is 33.4 Å². The quantitative estimate of drug-likeness (QED) is 0.230. The van der Waals surface area contributed by atoms with E-state index in [2.05, 4.69) is 65.0 Å². The summed E-state index contributed by atoms with van der Waals surface area (Å²) in [5.41, 5.74) is 18.3. The second-order valence-corrected chi connectivity index (χ2v) is 9.58. The lowest BCUT2D eigenvalue weighted by molar-refractivity contribution is -0.138. The van der Waals surface area contributed by atoms with Crippen molar-refractivity contribution in [3.05, 3.63) is 82.0 Å². The van der Waals surface area contributed by atoms with Crippen LogP contribution in [0.15, 0.2) is 53.8 Å². The first-order valence-electron chi connectivity index (χ1n) is 12.1. The summed E-state index contributed by atoms with van der Waals surface area (Å²) in [4.78, 5) is 15.7. The summed E-state index contributed by atoms with van der Waals surface area (Å²) in [5.74, 6) is 0.419. The third-order valence-corrected chi connectivity index (χ3v) is 7.24. The zero-order chi connectivity index (χ0) is 24.7.